The van der Waals surface area contributed by atoms with Crippen LogP contribution in [0.1, 0.15) is 43.4 Å². The highest BCUT2D eigenvalue weighted by Gasteiger charge is 2.54. The Hall–Kier alpha value is -2.44. The first kappa shape index (κ1) is 21.4. The van der Waals surface area contributed by atoms with Gasteiger partial charge in [-0.2, -0.15) is 0 Å². The maximum absolute atomic E-state index is 14.7. The van der Waals surface area contributed by atoms with Crippen LogP contribution in [0.3, 0.4) is 0 Å². The Morgan fingerprint density at radius 2 is 1.91 bits per heavy atom. The molecule has 3 saturated heterocycles. The van der Waals surface area contributed by atoms with Gasteiger partial charge in [0.2, 0.25) is 0 Å². The Morgan fingerprint density at radius 3 is 2.72 bits per heavy atom. The van der Waals surface area contributed by atoms with Crippen molar-refractivity contribution < 1.29 is 22.8 Å². The SMILES string of the molecule is CC[C@H]1C[N+]2(Cc3ccc(F)c(F)c3F)CC[C@H]1C[C@H]2[C@H](O)c1ccnc2ccccc12. The molecule has 3 nitrogen and oxygen atoms in total. The number of para-hydroxylation sites is 1. The minimum atomic E-state index is -1.42. The molecule has 0 radical (unpaired) electrons. The summed E-state index contributed by atoms with van der Waals surface area (Å²) in [5.41, 5.74) is 1.82. The fourth-order valence-electron chi connectivity index (χ4n) is 6.27. The van der Waals surface area contributed by atoms with Crippen molar-refractivity contribution in [3.63, 3.8) is 0 Å². The van der Waals surface area contributed by atoms with E-state index < -0.39 is 23.6 Å². The maximum atomic E-state index is 14.7. The zero-order chi connectivity index (χ0) is 22.5. The van der Waals surface area contributed by atoms with Crippen LogP contribution in [0, 0.1) is 29.3 Å². The van der Waals surface area contributed by atoms with E-state index >= 15 is 0 Å². The third kappa shape index (κ3) is 3.41. The minimum absolute atomic E-state index is 0.144. The summed E-state index contributed by atoms with van der Waals surface area (Å²) in [5, 5.41) is 12.6. The Balaban J connectivity index is 1.57. The van der Waals surface area contributed by atoms with E-state index in [0.717, 1.165) is 54.9 Å². The van der Waals surface area contributed by atoms with Gasteiger partial charge in [0.15, 0.2) is 17.5 Å². The summed E-state index contributed by atoms with van der Waals surface area (Å²) >= 11 is 0. The van der Waals surface area contributed by atoms with E-state index in [2.05, 4.69) is 11.9 Å². The first-order valence-electron chi connectivity index (χ1n) is 11.4. The molecule has 3 aliphatic heterocycles. The summed E-state index contributed by atoms with van der Waals surface area (Å²) < 4.78 is 42.7. The van der Waals surface area contributed by atoms with Crippen molar-refractivity contribution in [2.24, 2.45) is 11.8 Å². The molecule has 2 bridgehead atoms. The molecule has 3 aliphatic rings. The van der Waals surface area contributed by atoms with Crippen molar-refractivity contribution in [2.75, 3.05) is 13.1 Å². The Morgan fingerprint density at radius 1 is 1.09 bits per heavy atom. The maximum Gasteiger partial charge on any atom is 0.194 e. The number of pyridine rings is 1. The number of aromatic nitrogens is 1. The van der Waals surface area contributed by atoms with Crippen LogP contribution < -0.4 is 0 Å². The van der Waals surface area contributed by atoms with Crippen molar-refractivity contribution in [1.29, 1.82) is 0 Å². The number of aliphatic hydroxyl groups is 1. The lowest BCUT2D eigenvalue weighted by atomic mass is 9.70. The van der Waals surface area contributed by atoms with E-state index in [9.17, 15) is 18.3 Å². The van der Waals surface area contributed by atoms with Crippen molar-refractivity contribution in [1.82, 2.24) is 4.98 Å². The normalized spacial score (nSPS) is 28.2. The molecule has 0 amide bonds. The van der Waals surface area contributed by atoms with Gasteiger partial charge in [-0.05, 0) is 42.2 Å². The Bertz CT molecular complexity index is 1150. The summed E-state index contributed by atoms with van der Waals surface area (Å²) in [6.45, 7) is 4.02. The van der Waals surface area contributed by atoms with Gasteiger partial charge in [0.05, 0.1) is 18.6 Å². The lowest BCUT2D eigenvalue weighted by Crippen LogP contribution is -2.67. The second-order valence-electron chi connectivity index (χ2n) is 9.50. The Labute approximate surface area is 186 Å². The predicted octanol–water partition coefficient (Wildman–Crippen LogP) is 5.52. The van der Waals surface area contributed by atoms with Crippen LogP contribution in [-0.4, -0.2) is 33.7 Å². The summed E-state index contributed by atoms with van der Waals surface area (Å²) in [6, 6.07) is 11.8. The molecule has 32 heavy (non-hydrogen) atoms. The fourth-order valence-corrected chi connectivity index (χ4v) is 6.27. The second-order valence-corrected chi connectivity index (χ2v) is 9.50. The third-order valence-electron chi connectivity index (χ3n) is 7.95. The molecule has 6 heteroatoms. The van der Waals surface area contributed by atoms with E-state index in [0.29, 0.717) is 16.3 Å². The number of piperidine rings is 3. The number of halogens is 3. The number of hydrogen-bond donors (Lipinski definition) is 1. The van der Waals surface area contributed by atoms with Crippen LogP contribution in [0.5, 0.6) is 0 Å². The van der Waals surface area contributed by atoms with Gasteiger partial charge in [-0.25, -0.2) is 13.2 Å². The molecule has 5 atom stereocenters. The Kier molecular flexibility index (Phi) is 5.46. The lowest BCUT2D eigenvalue weighted by Gasteiger charge is -2.58. The quantitative estimate of drug-likeness (QED) is 0.418. The van der Waals surface area contributed by atoms with E-state index in [-0.39, 0.29) is 18.2 Å². The van der Waals surface area contributed by atoms with Crippen LogP contribution in [0.2, 0.25) is 0 Å². The van der Waals surface area contributed by atoms with Crippen molar-refractivity contribution in [3.05, 3.63) is 77.2 Å². The van der Waals surface area contributed by atoms with Gasteiger partial charge in [-0.1, -0.05) is 25.1 Å². The van der Waals surface area contributed by atoms with Gasteiger partial charge in [0, 0.05) is 35.9 Å². The number of quaternary nitrogens is 1. The fraction of sp³-hybridized carbons (Fsp3) is 0.423. The standard InChI is InChI=1S/C26H28F3N2O/c1-2-16-14-31(15-18-7-8-21(27)25(29)24(18)28)12-10-17(16)13-23(31)26(32)20-9-11-30-22-6-4-3-5-19(20)22/h3-9,11,16-17,23,26,32H,2,10,12-15H2,1H3/q+1/t16-,17-,23-,26+,31?/m0/s1. The molecule has 0 aliphatic carbocycles. The number of aliphatic hydroxyl groups excluding tert-OH is 1. The van der Waals surface area contributed by atoms with Gasteiger partial charge >= 0.3 is 0 Å². The molecule has 2 aromatic carbocycles. The number of rotatable bonds is 5. The molecule has 0 spiro atoms. The number of benzene rings is 2. The summed E-state index contributed by atoms with van der Waals surface area (Å²) in [5.74, 6) is -2.70. The molecule has 168 valence electrons. The second kappa shape index (κ2) is 8.16. The van der Waals surface area contributed by atoms with Crippen molar-refractivity contribution in [2.45, 2.75) is 44.9 Å². The molecule has 3 fully saturated rings. The van der Waals surface area contributed by atoms with Gasteiger partial charge < -0.3 is 9.59 Å². The highest BCUT2D eigenvalue weighted by Crippen LogP contribution is 2.48. The van der Waals surface area contributed by atoms with Gasteiger partial charge in [0.1, 0.15) is 18.7 Å². The van der Waals surface area contributed by atoms with Crippen LogP contribution in [0.4, 0.5) is 13.2 Å². The molecule has 3 aromatic rings. The summed E-state index contributed by atoms with van der Waals surface area (Å²) in [4.78, 5) is 4.41. The van der Waals surface area contributed by atoms with Gasteiger partial charge in [-0.15, -0.1) is 0 Å². The number of fused-ring (bicyclic) bond motifs is 4. The van der Waals surface area contributed by atoms with Crippen LogP contribution in [-0.2, 0) is 6.54 Å². The number of nitrogens with zero attached hydrogens (tertiary/aromatic N) is 2. The third-order valence-corrected chi connectivity index (χ3v) is 7.95. The molecule has 6 rings (SSSR count). The summed E-state index contributed by atoms with van der Waals surface area (Å²) in [6.07, 6.45) is 3.82. The zero-order valence-corrected chi connectivity index (χ0v) is 18.1. The van der Waals surface area contributed by atoms with Crippen molar-refractivity contribution in [3.8, 4) is 0 Å². The van der Waals surface area contributed by atoms with E-state index in [1.54, 1.807) is 6.20 Å². The minimum Gasteiger partial charge on any atom is -0.382 e. The molecule has 0 saturated carbocycles. The topological polar surface area (TPSA) is 33.1 Å². The molecular weight excluding hydrogens is 413 g/mol. The highest BCUT2D eigenvalue weighted by molar-refractivity contribution is 5.82. The highest BCUT2D eigenvalue weighted by atomic mass is 19.2. The number of hydrogen-bond acceptors (Lipinski definition) is 2. The van der Waals surface area contributed by atoms with E-state index in [1.165, 1.54) is 6.07 Å². The molecule has 1 unspecified atom stereocenters. The summed E-state index contributed by atoms with van der Waals surface area (Å²) in [7, 11) is 0. The first-order valence-corrected chi connectivity index (χ1v) is 11.4. The molecule has 1 aromatic heterocycles. The molecular formula is C26H28F3N2O+. The zero-order valence-electron chi connectivity index (χ0n) is 18.1. The van der Waals surface area contributed by atoms with Gasteiger partial charge in [0.25, 0.3) is 0 Å². The van der Waals surface area contributed by atoms with E-state index in [1.807, 2.05) is 30.3 Å². The van der Waals surface area contributed by atoms with Gasteiger partial charge in [-0.3, -0.25) is 4.98 Å². The monoisotopic (exact) mass is 441 g/mol. The van der Waals surface area contributed by atoms with Crippen molar-refractivity contribution >= 4 is 10.9 Å². The van der Waals surface area contributed by atoms with E-state index in [4.69, 9.17) is 0 Å². The molecule has 1 N–H and O–H groups in total. The predicted molar refractivity (Wildman–Crippen MR) is 117 cm³/mol. The average molecular weight is 442 g/mol. The average Bonchev–Trinajstić information content (AvgIpc) is 2.83. The molecule has 4 heterocycles. The smallest absolute Gasteiger partial charge is 0.194 e. The van der Waals surface area contributed by atoms with Crippen LogP contribution in [0.25, 0.3) is 10.9 Å². The van der Waals surface area contributed by atoms with Crippen LogP contribution in [0.15, 0.2) is 48.7 Å². The largest absolute Gasteiger partial charge is 0.382 e. The first-order chi connectivity index (χ1) is 15.4. The lowest BCUT2D eigenvalue weighted by molar-refractivity contribution is -0.986. The van der Waals surface area contributed by atoms with Crippen LogP contribution >= 0.6 is 0 Å².